The molecule has 4 aromatic rings. The molecule has 0 fully saturated rings. The summed E-state index contributed by atoms with van der Waals surface area (Å²) in [5.74, 6) is 1.48. The molecule has 2 aromatic carbocycles. The molecular weight excluding hydrogens is 368 g/mol. The van der Waals surface area contributed by atoms with Crippen LogP contribution in [0.2, 0.25) is 0 Å². The number of fused-ring (bicyclic) bond motifs is 2. The summed E-state index contributed by atoms with van der Waals surface area (Å²) >= 11 is 0. The van der Waals surface area contributed by atoms with Gasteiger partial charge >= 0.3 is 0 Å². The first-order chi connectivity index (χ1) is 14.8. The molecular formula is C26H26N4. The number of rotatable bonds is 5. The smallest absolute Gasteiger partial charge is 0.133 e. The molecule has 1 N–H and O–H groups in total. The molecule has 1 unspecified atom stereocenters. The van der Waals surface area contributed by atoms with Crippen molar-refractivity contribution in [1.29, 1.82) is 0 Å². The van der Waals surface area contributed by atoms with E-state index < -0.39 is 0 Å². The van der Waals surface area contributed by atoms with Crippen molar-refractivity contribution in [1.82, 2.24) is 14.9 Å². The predicted molar refractivity (Wildman–Crippen MR) is 123 cm³/mol. The number of anilines is 2. The fraction of sp³-hybridized carbons (Fsp3) is 0.231. The first kappa shape index (κ1) is 18.8. The Kier molecular flexibility index (Phi) is 5.16. The second-order valence-electron chi connectivity index (χ2n) is 8.14. The van der Waals surface area contributed by atoms with Crippen molar-refractivity contribution in [2.24, 2.45) is 0 Å². The van der Waals surface area contributed by atoms with E-state index in [1.54, 1.807) is 0 Å². The SMILES string of the molecule is CC(CN1CCc2c(ccnc2Nc2cnc3ccccc3c2)C1)c1ccccc1. The lowest BCUT2D eigenvalue weighted by molar-refractivity contribution is 0.242. The molecule has 0 radical (unpaired) electrons. The van der Waals surface area contributed by atoms with Crippen LogP contribution in [0.5, 0.6) is 0 Å². The van der Waals surface area contributed by atoms with Crippen LogP contribution in [0.4, 0.5) is 11.5 Å². The summed E-state index contributed by atoms with van der Waals surface area (Å²) in [4.78, 5) is 11.8. The van der Waals surface area contributed by atoms with Gasteiger partial charge in [0.2, 0.25) is 0 Å². The Morgan fingerprint density at radius 3 is 2.73 bits per heavy atom. The van der Waals surface area contributed by atoms with Gasteiger partial charge in [0.25, 0.3) is 0 Å². The Bertz CT molecular complexity index is 1160. The first-order valence-corrected chi connectivity index (χ1v) is 10.6. The summed E-state index contributed by atoms with van der Waals surface area (Å²) in [6.45, 7) is 5.42. The van der Waals surface area contributed by atoms with Crippen molar-refractivity contribution >= 4 is 22.4 Å². The van der Waals surface area contributed by atoms with Gasteiger partial charge in [-0.1, -0.05) is 55.5 Å². The van der Waals surface area contributed by atoms with Gasteiger partial charge in [0.05, 0.1) is 17.4 Å². The van der Waals surface area contributed by atoms with Gasteiger partial charge in [-0.05, 0) is 41.7 Å². The number of para-hydroxylation sites is 1. The average molecular weight is 395 g/mol. The standard InChI is InChI=1S/C26H26N4/c1-19(20-7-3-2-4-8-20)17-30-14-12-24-22(18-30)11-13-27-26(24)29-23-15-21-9-5-6-10-25(21)28-16-23/h2-11,13,15-16,19H,12,14,17-18H2,1H3,(H,27,29). The molecule has 0 spiro atoms. The van der Waals surface area contributed by atoms with Crippen LogP contribution < -0.4 is 5.32 Å². The maximum atomic E-state index is 4.64. The van der Waals surface area contributed by atoms with E-state index in [1.807, 2.05) is 30.6 Å². The second kappa shape index (κ2) is 8.25. The number of nitrogens with zero attached hydrogens (tertiary/aromatic N) is 3. The van der Waals surface area contributed by atoms with Crippen LogP contribution in [0, 0.1) is 0 Å². The normalized spacial score (nSPS) is 15.0. The Morgan fingerprint density at radius 2 is 1.83 bits per heavy atom. The zero-order valence-corrected chi connectivity index (χ0v) is 17.3. The van der Waals surface area contributed by atoms with Gasteiger partial charge in [0.1, 0.15) is 5.82 Å². The molecule has 4 heteroatoms. The van der Waals surface area contributed by atoms with Gasteiger partial charge < -0.3 is 5.32 Å². The number of aromatic nitrogens is 2. The third-order valence-corrected chi connectivity index (χ3v) is 5.98. The highest BCUT2D eigenvalue weighted by atomic mass is 15.1. The van der Waals surface area contributed by atoms with Crippen molar-refractivity contribution in [2.75, 3.05) is 18.4 Å². The van der Waals surface area contributed by atoms with Gasteiger partial charge in [-0.2, -0.15) is 0 Å². The summed E-state index contributed by atoms with van der Waals surface area (Å²) in [5, 5.41) is 4.65. The van der Waals surface area contributed by atoms with Crippen molar-refractivity contribution < 1.29 is 0 Å². The molecule has 4 nitrogen and oxygen atoms in total. The van der Waals surface area contributed by atoms with Gasteiger partial charge in [-0.3, -0.25) is 9.88 Å². The minimum absolute atomic E-state index is 0.524. The van der Waals surface area contributed by atoms with Crippen LogP contribution in [-0.4, -0.2) is 28.0 Å². The molecule has 1 aliphatic heterocycles. The molecule has 3 heterocycles. The number of pyridine rings is 2. The summed E-state index contributed by atoms with van der Waals surface area (Å²) in [6.07, 6.45) is 4.81. The summed E-state index contributed by atoms with van der Waals surface area (Å²) in [5.41, 5.74) is 6.09. The molecule has 0 saturated carbocycles. The van der Waals surface area contributed by atoms with Crippen LogP contribution >= 0.6 is 0 Å². The topological polar surface area (TPSA) is 41.1 Å². The fourth-order valence-electron chi connectivity index (χ4n) is 4.36. The quantitative estimate of drug-likeness (QED) is 0.483. The molecule has 5 rings (SSSR count). The molecule has 1 atom stereocenters. The van der Waals surface area contributed by atoms with Gasteiger partial charge in [-0.25, -0.2) is 4.98 Å². The molecule has 2 aromatic heterocycles. The first-order valence-electron chi connectivity index (χ1n) is 10.6. The molecule has 1 aliphatic rings. The molecule has 0 bridgehead atoms. The molecule has 0 saturated heterocycles. The largest absolute Gasteiger partial charge is 0.339 e. The van der Waals surface area contributed by atoms with Gasteiger partial charge in [0, 0.05) is 36.8 Å². The number of hydrogen-bond acceptors (Lipinski definition) is 4. The van der Waals surface area contributed by atoms with E-state index in [0.717, 1.165) is 48.5 Å². The minimum Gasteiger partial charge on any atom is -0.339 e. The van der Waals surface area contributed by atoms with Crippen LogP contribution in [-0.2, 0) is 13.0 Å². The molecule has 150 valence electrons. The second-order valence-corrected chi connectivity index (χ2v) is 8.14. The average Bonchev–Trinajstić information content (AvgIpc) is 2.79. The van der Waals surface area contributed by atoms with Gasteiger partial charge in [-0.15, -0.1) is 0 Å². The Hall–Kier alpha value is -3.24. The van der Waals surface area contributed by atoms with E-state index in [-0.39, 0.29) is 0 Å². The van der Waals surface area contributed by atoms with E-state index >= 15 is 0 Å². The highest BCUT2D eigenvalue weighted by Crippen LogP contribution is 2.29. The zero-order chi connectivity index (χ0) is 20.3. The maximum absolute atomic E-state index is 4.64. The fourth-order valence-corrected chi connectivity index (χ4v) is 4.36. The Balaban J connectivity index is 1.32. The highest BCUT2D eigenvalue weighted by molar-refractivity contribution is 5.82. The lowest BCUT2D eigenvalue weighted by Gasteiger charge is -2.31. The van der Waals surface area contributed by atoms with E-state index in [0.29, 0.717) is 5.92 Å². The zero-order valence-electron chi connectivity index (χ0n) is 17.3. The summed E-state index contributed by atoms with van der Waals surface area (Å²) in [6, 6.07) is 23.3. The molecule has 0 aliphatic carbocycles. The molecule has 0 amide bonds. The van der Waals surface area contributed by atoms with Crippen molar-refractivity contribution in [2.45, 2.75) is 25.8 Å². The van der Waals surface area contributed by atoms with Crippen molar-refractivity contribution in [3.63, 3.8) is 0 Å². The van der Waals surface area contributed by atoms with Crippen LogP contribution in [0.3, 0.4) is 0 Å². The lowest BCUT2D eigenvalue weighted by Crippen LogP contribution is -2.33. The number of nitrogens with one attached hydrogen (secondary N) is 1. The monoisotopic (exact) mass is 394 g/mol. The van der Waals surface area contributed by atoms with E-state index in [2.05, 4.69) is 75.6 Å². The highest BCUT2D eigenvalue weighted by Gasteiger charge is 2.21. The van der Waals surface area contributed by atoms with E-state index in [1.165, 1.54) is 16.7 Å². The van der Waals surface area contributed by atoms with Crippen LogP contribution in [0.15, 0.2) is 79.1 Å². The summed E-state index contributed by atoms with van der Waals surface area (Å²) < 4.78 is 0. The number of hydrogen-bond donors (Lipinski definition) is 1. The van der Waals surface area contributed by atoms with E-state index in [4.69, 9.17) is 0 Å². The van der Waals surface area contributed by atoms with Gasteiger partial charge in [0.15, 0.2) is 0 Å². The van der Waals surface area contributed by atoms with Crippen LogP contribution in [0.1, 0.15) is 29.5 Å². The number of benzene rings is 2. The van der Waals surface area contributed by atoms with Crippen molar-refractivity contribution in [3.8, 4) is 0 Å². The third kappa shape index (κ3) is 3.91. The Morgan fingerprint density at radius 1 is 1.00 bits per heavy atom. The summed E-state index contributed by atoms with van der Waals surface area (Å²) in [7, 11) is 0. The molecule has 30 heavy (non-hydrogen) atoms. The lowest BCUT2D eigenvalue weighted by atomic mass is 9.97. The predicted octanol–water partition coefficient (Wildman–Crippen LogP) is 5.54. The van der Waals surface area contributed by atoms with E-state index in [9.17, 15) is 0 Å². The maximum Gasteiger partial charge on any atom is 0.133 e. The Labute approximate surface area is 177 Å². The van der Waals surface area contributed by atoms with Crippen molar-refractivity contribution in [3.05, 3.63) is 95.8 Å². The third-order valence-electron chi connectivity index (χ3n) is 5.98. The minimum atomic E-state index is 0.524. The van der Waals surface area contributed by atoms with Crippen LogP contribution in [0.25, 0.3) is 10.9 Å².